The lowest BCUT2D eigenvalue weighted by molar-refractivity contribution is -0.217. The lowest BCUT2D eigenvalue weighted by atomic mass is 9.71. The summed E-state index contributed by atoms with van der Waals surface area (Å²) in [6.07, 6.45) is 1.70. The van der Waals surface area contributed by atoms with E-state index in [2.05, 4.69) is 58.9 Å². The van der Waals surface area contributed by atoms with Crippen LogP contribution in [-0.4, -0.2) is 26.9 Å². The second kappa shape index (κ2) is 4.83. The van der Waals surface area contributed by atoms with Crippen molar-refractivity contribution in [1.29, 1.82) is 0 Å². The molecule has 0 aromatic heterocycles. The van der Waals surface area contributed by atoms with Crippen LogP contribution in [0.3, 0.4) is 0 Å². The zero-order valence-electron chi connectivity index (χ0n) is 13.4. The van der Waals surface area contributed by atoms with E-state index in [4.69, 9.17) is 5.73 Å². The summed E-state index contributed by atoms with van der Waals surface area (Å²) in [5.74, 6) is 0.256. The first-order chi connectivity index (χ1) is 9.11. The van der Waals surface area contributed by atoms with Crippen LogP contribution in [0.25, 0.3) is 0 Å². The number of nitrogens with two attached hydrogens (primary N) is 1. The Balaban J connectivity index is 2.29. The van der Waals surface area contributed by atoms with Gasteiger partial charge in [0.25, 0.3) is 0 Å². The molecule has 1 aromatic carbocycles. The fourth-order valence-electron chi connectivity index (χ4n) is 3.96. The highest BCUT2D eigenvalue weighted by Gasteiger charge is 2.61. The van der Waals surface area contributed by atoms with E-state index in [9.17, 15) is 5.21 Å². The fraction of sp³-hybridized carbons (Fsp3) is 0.647. The first kappa shape index (κ1) is 15.5. The second-order valence-electron chi connectivity index (χ2n) is 7.46. The summed E-state index contributed by atoms with van der Waals surface area (Å²) in [5.41, 5.74) is 6.72. The summed E-state index contributed by atoms with van der Waals surface area (Å²) in [4.78, 5) is 0. The molecule has 3 unspecified atom stereocenters. The van der Waals surface area contributed by atoms with Crippen molar-refractivity contribution in [2.24, 2.45) is 11.7 Å². The zero-order chi connectivity index (χ0) is 15.2. The fourth-order valence-corrected chi connectivity index (χ4v) is 3.96. The average molecular weight is 276 g/mol. The molecule has 3 atom stereocenters. The predicted octanol–water partition coefficient (Wildman–Crippen LogP) is 3.21. The van der Waals surface area contributed by atoms with Crippen molar-refractivity contribution < 1.29 is 5.21 Å². The van der Waals surface area contributed by atoms with Crippen molar-refractivity contribution >= 4 is 0 Å². The molecule has 1 saturated heterocycles. The van der Waals surface area contributed by atoms with Crippen LogP contribution in [0.1, 0.15) is 46.6 Å². The third-order valence-electron chi connectivity index (χ3n) is 5.31. The van der Waals surface area contributed by atoms with Gasteiger partial charge in [0.15, 0.2) is 0 Å². The van der Waals surface area contributed by atoms with Crippen LogP contribution in [0.15, 0.2) is 30.3 Å². The minimum atomic E-state index is -0.438. The molecular formula is C17H28N2O. The topological polar surface area (TPSA) is 49.5 Å². The quantitative estimate of drug-likeness (QED) is 0.891. The number of hydrogen-bond acceptors (Lipinski definition) is 3. The van der Waals surface area contributed by atoms with Crippen LogP contribution >= 0.6 is 0 Å². The van der Waals surface area contributed by atoms with E-state index < -0.39 is 11.1 Å². The Bertz CT molecular complexity index is 469. The first-order valence-corrected chi connectivity index (χ1v) is 7.43. The van der Waals surface area contributed by atoms with Crippen LogP contribution in [-0.2, 0) is 6.42 Å². The maximum absolute atomic E-state index is 10.7. The van der Waals surface area contributed by atoms with Crippen molar-refractivity contribution in [3.8, 4) is 0 Å². The number of nitrogens with zero attached hydrogens (tertiary/aromatic N) is 1. The molecule has 20 heavy (non-hydrogen) atoms. The Labute approximate surface area is 122 Å². The van der Waals surface area contributed by atoms with Gasteiger partial charge in [0.05, 0.1) is 5.54 Å². The molecule has 1 fully saturated rings. The Kier molecular flexibility index (Phi) is 3.74. The van der Waals surface area contributed by atoms with Gasteiger partial charge in [0.1, 0.15) is 0 Å². The Hall–Kier alpha value is -0.900. The van der Waals surface area contributed by atoms with Gasteiger partial charge < -0.3 is 10.9 Å². The zero-order valence-corrected chi connectivity index (χ0v) is 13.4. The maximum Gasteiger partial charge on any atom is 0.0643 e. The molecule has 0 amide bonds. The van der Waals surface area contributed by atoms with Crippen molar-refractivity contribution in [3.63, 3.8) is 0 Å². The van der Waals surface area contributed by atoms with Crippen LogP contribution < -0.4 is 5.73 Å². The third-order valence-corrected chi connectivity index (χ3v) is 5.31. The van der Waals surface area contributed by atoms with Crippen LogP contribution in [0.4, 0.5) is 0 Å². The maximum atomic E-state index is 10.7. The van der Waals surface area contributed by atoms with E-state index in [-0.39, 0.29) is 11.5 Å². The second-order valence-corrected chi connectivity index (χ2v) is 7.46. The molecule has 3 N–H and O–H groups in total. The summed E-state index contributed by atoms with van der Waals surface area (Å²) in [6, 6.07) is 10.4. The predicted molar refractivity (Wildman–Crippen MR) is 82.6 cm³/mol. The molecule has 3 nitrogen and oxygen atoms in total. The molecule has 0 spiro atoms. The number of hydrogen-bond donors (Lipinski definition) is 2. The van der Waals surface area contributed by atoms with E-state index >= 15 is 0 Å². The summed E-state index contributed by atoms with van der Waals surface area (Å²) in [7, 11) is 0. The number of benzene rings is 1. The molecule has 0 radical (unpaired) electrons. The highest BCUT2D eigenvalue weighted by Crippen LogP contribution is 2.49. The largest absolute Gasteiger partial charge is 0.324 e. The number of rotatable bonds is 3. The van der Waals surface area contributed by atoms with Gasteiger partial charge in [-0.1, -0.05) is 37.3 Å². The molecule has 0 saturated carbocycles. The molecular weight excluding hydrogens is 248 g/mol. The standard InChI is InChI=1S/C17H28N2O/c1-13(11-14-9-7-6-8-10-14)17(5)16(4,18)12-15(2,3)19(17)20/h6-10,13,20H,11-12,18H2,1-5H3. The van der Waals surface area contributed by atoms with Crippen molar-refractivity contribution in [1.82, 2.24) is 5.06 Å². The van der Waals surface area contributed by atoms with Gasteiger partial charge in [-0.3, -0.25) is 0 Å². The first-order valence-electron chi connectivity index (χ1n) is 7.43. The highest BCUT2D eigenvalue weighted by atomic mass is 16.5. The molecule has 3 heteroatoms. The summed E-state index contributed by atoms with van der Waals surface area (Å²) < 4.78 is 0. The molecule has 1 heterocycles. The minimum absolute atomic E-state index is 0.256. The Morgan fingerprint density at radius 3 is 2.20 bits per heavy atom. The SMILES string of the molecule is CC(Cc1ccccc1)C1(C)N(O)C(C)(C)CC1(C)N. The molecule has 112 valence electrons. The summed E-state index contributed by atoms with van der Waals surface area (Å²) >= 11 is 0. The van der Waals surface area contributed by atoms with Crippen molar-refractivity contribution in [3.05, 3.63) is 35.9 Å². The number of hydroxylamine groups is 2. The normalized spacial score (nSPS) is 35.1. The lowest BCUT2D eigenvalue weighted by Crippen LogP contribution is -2.63. The van der Waals surface area contributed by atoms with E-state index in [1.807, 2.05) is 6.07 Å². The van der Waals surface area contributed by atoms with Crippen LogP contribution in [0.2, 0.25) is 0 Å². The summed E-state index contributed by atoms with van der Waals surface area (Å²) in [6.45, 7) is 10.4. The molecule has 1 aliphatic heterocycles. The van der Waals surface area contributed by atoms with Crippen molar-refractivity contribution in [2.45, 2.75) is 64.1 Å². The Morgan fingerprint density at radius 1 is 1.20 bits per heavy atom. The smallest absolute Gasteiger partial charge is 0.0643 e. The minimum Gasteiger partial charge on any atom is -0.324 e. The molecule has 2 rings (SSSR count). The van der Waals surface area contributed by atoms with Crippen LogP contribution in [0, 0.1) is 5.92 Å². The van der Waals surface area contributed by atoms with E-state index in [0.29, 0.717) is 0 Å². The van der Waals surface area contributed by atoms with Gasteiger partial charge in [-0.25, -0.2) is 0 Å². The van der Waals surface area contributed by atoms with E-state index in [0.717, 1.165) is 12.8 Å². The van der Waals surface area contributed by atoms with Gasteiger partial charge in [-0.2, -0.15) is 5.06 Å². The van der Waals surface area contributed by atoms with Gasteiger partial charge >= 0.3 is 0 Å². The molecule has 1 aliphatic rings. The van der Waals surface area contributed by atoms with Gasteiger partial charge in [-0.15, -0.1) is 0 Å². The van der Waals surface area contributed by atoms with E-state index in [1.165, 1.54) is 10.6 Å². The molecule has 0 aliphatic carbocycles. The van der Waals surface area contributed by atoms with Crippen LogP contribution in [0.5, 0.6) is 0 Å². The third kappa shape index (κ3) is 2.28. The Morgan fingerprint density at radius 2 is 1.75 bits per heavy atom. The lowest BCUT2D eigenvalue weighted by Gasteiger charge is -2.46. The highest BCUT2D eigenvalue weighted by molar-refractivity contribution is 5.21. The molecule has 1 aromatic rings. The van der Waals surface area contributed by atoms with Crippen molar-refractivity contribution in [2.75, 3.05) is 0 Å². The van der Waals surface area contributed by atoms with Gasteiger partial charge in [0.2, 0.25) is 0 Å². The monoisotopic (exact) mass is 276 g/mol. The van der Waals surface area contributed by atoms with Gasteiger partial charge in [-0.05, 0) is 52.0 Å². The average Bonchev–Trinajstić information content (AvgIpc) is 2.48. The van der Waals surface area contributed by atoms with E-state index in [1.54, 1.807) is 0 Å². The molecule has 0 bridgehead atoms. The summed E-state index contributed by atoms with van der Waals surface area (Å²) in [5, 5.41) is 12.2. The van der Waals surface area contributed by atoms with Gasteiger partial charge in [0, 0.05) is 11.1 Å².